The summed E-state index contributed by atoms with van der Waals surface area (Å²) in [5.41, 5.74) is 0.577. The van der Waals surface area contributed by atoms with E-state index in [1.807, 2.05) is 0 Å². The average Bonchev–Trinajstić information content (AvgIpc) is 2.98. The summed E-state index contributed by atoms with van der Waals surface area (Å²) in [4.78, 5) is 37.5. The van der Waals surface area contributed by atoms with Gasteiger partial charge in [-0.2, -0.15) is 0 Å². The lowest BCUT2D eigenvalue weighted by Gasteiger charge is -2.05. The third-order valence-corrected chi connectivity index (χ3v) is 3.61. The summed E-state index contributed by atoms with van der Waals surface area (Å²) < 4.78 is 0. The van der Waals surface area contributed by atoms with E-state index in [2.05, 4.69) is 15.6 Å². The number of hydrogen-bond donors (Lipinski definition) is 2. The molecule has 0 aliphatic rings. The van der Waals surface area contributed by atoms with Crippen LogP contribution in [0.1, 0.15) is 16.1 Å². The third kappa shape index (κ3) is 4.35. The summed E-state index contributed by atoms with van der Waals surface area (Å²) in [7, 11) is 0. The molecule has 0 bridgehead atoms. The first-order valence-electron chi connectivity index (χ1n) is 6.28. The molecule has 2 N–H and O–H groups in total. The molecule has 0 radical (unpaired) electrons. The molecule has 0 atom stereocenters. The predicted molar refractivity (Wildman–Crippen MR) is 80.8 cm³/mol. The second kappa shape index (κ2) is 7.27. The van der Waals surface area contributed by atoms with E-state index in [0.29, 0.717) is 5.69 Å². The summed E-state index contributed by atoms with van der Waals surface area (Å²) in [6.45, 7) is 0.136. The van der Waals surface area contributed by atoms with Crippen LogP contribution >= 0.6 is 11.3 Å². The van der Waals surface area contributed by atoms with Gasteiger partial charge in [0.05, 0.1) is 21.7 Å². The fraction of sp³-hybridized carbons (Fsp3) is 0.154. The summed E-state index contributed by atoms with van der Waals surface area (Å²) in [6, 6.07) is 6.05. The normalized spacial score (nSPS) is 10.0. The van der Waals surface area contributed by atoms with E-state index < -0.39 is 10.8 Å². The van der Waals surface area contributed by atoms with Gasteiger partial charge in [-0.25, -0.2) is 0 Å². The van der Waals surface area contributed by atoms with Gasteiger partial charge in [-0.15, -0.1) is 0 Å². The minimum atomic E-state index is -0.553. The Labute approximate surface area is 129 Å². The lowest BCUT2D eigenvalue weighted by Crippen LogP contribution is -2.27. The topological polar surface area (TPSA) is 114 Å². The van der Waals surface area contributed by atoms with Crippen LogP contribution in [-0.2, 0) is 4.79 Å². The highest BCUT2D eigenvalue weighted by Gasteiger charge is 2.15. The van der Waals surface area contributed by atoms with E-state index in [1.165, 1.54) is 18.3 Å². The summed E-state index contributed by atoms with van der Waals surface area (Å²) in [5.74, 6) is -0.697. The maximum absolute atomic E-state index is 11.8. The zero-order chi connectivity index (χ0) is 15.9. The first-order chi connectivity index (χ1) is 10.6. The highest BCUT2D eigenvalue weighted by molar-refractivity contribution is 7.17. The fourth-order valence-corrected chi connectivity index (χ4v) is 2.32. The van der Waals surface area contributed by atoms with Gasteiger partial charge in [0.2, 0.25) is 5.91 Å². The highest BCUT2D eigenvalue weighted by Crippen LogP contribution is 2.23. The summed E-state index contributed by atoms with van der Waals surface area (Å²) in [6.07, 6.45) is 3.20. The van der Waals surface area contributed by atoms with Crippen molar-refractivity contribution in [3.63, 3.8) is 0 Å². The molecule has 0 aliphatic heterocycles. The largest absolute Gasteiger partial charge is 0.351 e. The molecule has 22 heavy (non-hydrogen) atoms. The van der Waals surface area contributed by atoms with Crippen LogP contribution < -0.4 is 10.6 Å². The number of nitrogens with zero attached hydrogens (tertiary/aromatic N) is 2. The smallest absolute Gasteiger partial charge is 0.324 e. The molecule has 2 aromatic rings. The van der Waals surface area contributed by atoms with E-state index in [0.717, 1.165) is 11.3 Å². The second-order valence-corrected chi connectivity index (χ2v) is 5.25. The average molecular weight is 320 g/mol. The van der Waals surface area contributed by atoms with Gasteiger partial charge >= 0.3 is 5.00 Å². The summed E-state index contributed by atoms with van der Waals surface area (Å²) in [5, 5.41) is 15.6. The van der Waals surface area contributed by atoms with E-state index in [9.17, 15) is 19.7 Å². The van der Waals surface area contributed by atoms with Crippen molar-refractivity contribution in [1.82, 2.24) is 10.3 Å². The van der Waals surface area contributed by atoms with Gasteiger partial charge in [0.15, 0.2) is 0 Å². The van der Waals surface area contributed by atoms with Gasteiger partial charge in [-0.1, -0.05) is 11.3 Å². The zero-order valence-corrected chi connectivity index (χ0v) is 12.1. The number of aromatic nitrogens is 1. The molecular weight excluding hydrogens is 308 g/mol. The number of pyridine rings is 1. The quantitative estimate of drug-likeness (QED) is 0.622. The molecule has 0 saturated heterocycles. The van der Waals surface area contributed by atoms with Crippen LogP contribution in [0.4, 0.5) is 10.7 Å². The first-order valence-corrected chi connectivity index (χ1v) is 7.10. The Bertz CT molecular complexity index is 686. The maximum Gasteiger partial charge on any atom is 0.324 e. The van der Waals surface area contributed by atoms with Crippen LogP contribution in [-0.4, -0.2) is 28.3 Å². The lowest BCUT2D eigenvalue weighted by molar-refractivity contribution is -0.380. The Balaban J connectivity index is 1.76. The molecule has 0 saturated carbocycles. The van der Waals surface area contributed by atoms with Crippen molar-refractivity contribution < 1.29 is 14.5 Å². The molecular formula is C13H12N4O4S. The van der Waals surface area contributed by atoms with Crippen LogP contribution in [0.5, 0.6) is 0 Å². The van der Waals surface area contributed by atoms with Gasteiger partial charge < -0.3 is 10.6 Å². The van der Waals surface area contributed by atoms with Gasteiger partial charge in [0.25, 0.3) is 5.91 Å². The number of nitrogens with one attached hydrogen (secondary N) is 2. The monoisotopic (exact) mass is 320 g/mol. The van der Waals surface area contributed by atoms with Gasteiger partial charge in [0, 0.05) is 25.2 Å². The Kier molecular flexibility index (Phi) is 5.15. The van der Waals surface area contributed by atoms with E-state index >= 15 is 0 Å². The molecule has 2 rings (SSSR count). The highest BCUT2D eigenvalue weighted by atomic mass is 32.1. The van der Waals surface area contributed by atoms with Crippen LogP contribution in [0.3, 0.4) is 0 Å². The first kappa shape index (κ1) is 15.6. The molecule has 0 unspecified atom stereocenters. The minimum absolute atomic E-state index is 0.0914. The molecule has 2 heterocycles. The fourth-order valence-electron chi connectivity index (χ4n) is 1.58. The zero-order valence-electron chi connectivity index (χ0n) is 11.3. The van der Waals surface area contributed by atoms with Crippen molar-refractivity contribution in [3.8, 4) is 0 Å². The third-order valence-electron chi connectivity index (χ3n) is 2.58. The number of thiophene rings is 1. The van der Waals surface area contributed by atoms with E-state index in [4.69, 9.17) is 0 Å². The maximum atomic E-state index is 11.8. The van der Waals surface area contributed by atoms with Crippen molar-refractivity contribution in [2.45, 2.75) is 6.42 Å². The molecule has 0 aromatic carbocycles. The number of hydrogen-bond acceptors (Lipinski definition) is 6. The Morgan fingerprint density at radius 2 is 2.14 bits per heavy atom. The molecule has 8 nitrogen and oxygen atoms in total. The molecule has 2 amide bonds. The van der Waals surface area contributed by atoms with Crippen molar-refractivity contribution in [3.05, 3.63) is 51.7 Å². The van der Waals surface area contributed by atoms with E-state index in [1.54, 1.807) is 18.3 Å². The number of rotatable bonds is 6. The van der Waals surface area contributed by atoms with Crippen molar-refractivity contribution in [2.24, 2.45) is 0 Å². The van der Waals surface area contributed by atoms with Crippen LogP contribution in [0.15, 0.2) is 36.7 Å². The number of carbonyl (C=O) groups excluding carboxylic acids is 2. The Morgan fingerprint density at radius 1 is 1.32 bits per heavy atom. The number of nitro groups is 1. The molecule has 114 valence electrons. The predicted octanol–water partition coefficient (Wildman–Crippen LogP) is 1.81. The van der Waals surface area contributed by atoms with Crippen LogP contribution in [0.25, 0.3) is 0 Å². The van der Waals surface area contributed by atoms with Gasteiger partial charge in [-0.05, 0) is 18.2 Å². The van der Waals surface area contributed by atoms with Gasteiger partial charge in [-0.3, -0.25) is 24.7 Å². The van der Waals surface area contributed by atoms with Crippen LogP contribution in [0, 0.1) is 10.1 Å². The van der Waals surface area contributed by atoms with Crippen molar-refractivity contribution >= 4 is 33.8 Å². The number of amides is 2. The molecule has 2 aromatic heterocycles. The SMILES string of the molecule is O=C(CCNC(=O)c1ccc([N+](=O)[O-])s1)Nc1cccnc1. The summed E-state index contributed by atoms with van der Waals surface area (Å²) >= 11 is 0.791. The standard InChI is InChI=1S/C13H12N4O4S/c18-11(16-9-2-1-6-14-8-9)5-7-15-13(19)10-3-4-12(22-10)17(20)21/h1-4,6,8H,5,7H2,(H,15,19)(H,16,18). The van der Waals surface area contributed by atoms with Crippen molar-refractivity contribution in [2.75, 3.05) is 11.9 Å². The molecule has 9 heteroatoms. The second-order valence-electron chi connectivity index (χ2n) is 4.19. The Hall–Kier alpha value is -2.81. The number of anilines is 1. The van der Waals surface area contributed by atoms with Crippen LogP contribution in [0.2, 0.25) is 0 Å². The minimum Gasteiger partial charge on any atom is -0.351 e. The molecule has 0 aliphatic carbocycles. The van der Waals surface area contributed by atoms with Gasteiger partial charge in [0.1, 0.15) is 0 Å². The van der Waals surface area contributed by atoms with E-state index in [-0.39, 0.29) is 28.8 Å². The molecule has 0 spiro atoms. The lowest BCUT2D eigenvalue weighted by atomic mass is 10.3. The van der Waals surface area contributed by atoms with Crippen molar-refractivity contribution in [1.29, 1.82) is 0 Å². The Morgan fingerprint density at radius 3 is 2.77 bits per heavy atom. The number of carbonyl (C=O) groups is 2. The molecule has 0 fully saturated rings.